The van der Waals surface area contributed by atoms with E-state index in [1.807, 2.05) is 0 Å². The summed E-state index contributed by atoms with van der Waals surface area (Å²) in [6.45, 7) is 14.7. The molecule has 2 rings (SSSR count). The predicted molar refractivity (Wildman–Crippen MR) is 131 cm³/mol. The van der Waals surface area contributed by atoms with Crippen molar-refractivity contribution in [3.63, 3.8) is 0 Å². The number of amides is 4. The minimum absolute atomic E-state index is 0.130. The summed E-state index contributed by atoms with van der Waals surface area (Å²) in [4.78, 5) is 52.7. The average molecular weight is 540 g/mol. The number of fused-ring (bicyclic) bond motifs is 1. The van der Waals surface area contributed by atoms with Gasteiger partial charge in [0.15, 0.2) is 5.69 Å². The molecule has 0 bridgehead atoms. The lowest BCUT2D eigenvalue weighted by Gasteiger charge is -2.39. The lowest BCUT2D eigenvalue weighted by molar-refractivity contribution is 0.00397. The summed E-state index contributed by atoms with van der Waals surface area (Å²) in [5, 5.41) is 10.3. The van der Waals surface area contributed by atoms with Gasteiger partial charge in [-0.3, -0.25) is 4.79 Å². The van der Waals surface area contributed by atoms with Gasteiger partial charge in [-0.05, 0) is 74.4 Å². The number of carbonyl (C=O) groups is 4. The lowest BCUT2D eigenvalue weighted by atomic mass is 9.98. The second-order valence-electron chi connectivity index (χ2n) is 11.0. The molecule has 0 aliphatic carbocycles. The number of imide groups is 3. The normalized spacial score (nSPS) is 17.7. The summed E-state index contributed by atoms with van der Waals surface area (Å²) in [6, 6.07) is 3.06. The third-order valence-electron chi connectivity index (χ3n) is 4.88. The number of carboxylic acid groups (broad SMARTS) is 1. The summed E-state index contributed by atoms with van der Waals surface area (Å²) in [7, 11) is 0. The molecule has 1 aliphatic rings. The quantitative estimate of drug-likeness (QED) is 0.403. The Morgan fingerprint density at radius 3 is 1.74 bits per heavy atom. The van der Waals surface area contributed by atoms with Gasteiger partial charge in [-0.2, -0.15) is 9.28 Å². The fraction of sp³-hybridized carbons (Fsp3) is 0.500. The minimum atomic E-state index is -1.23. The van der Waals surface area contributed by atoms with Crippen LogP contribution in [0.15, 0.2) is 22.8 Å². The van der Waals surface area contributed by atoms with E-state index in [-0.39, 0.29) is 16.2 Å². The van der Waals surface area contributed by atoms with E-state index in [1.165, 1.54) is 12.3 Å². The van der Waals surface area contributed by atoms with Gasteiger partial charge in [-0.1, -0.05) is 15.9 Å². The van der Waals surface area contributed by atoms with E-state index in [4.69, 9.17) is 9.47 Å². The number of ether oxygens (including phenoxy) is 2. The third kappa shape index (κ3) is 5.33. The van der Waals surface area contributed by atoms with Crippen molar-refractivity contribution in [2.24, 2.45) is 0 Å². The molecule has 1 N–H and O–H groups in total. The van der Waals surface area contributed by atoms with Gasteiger partial charge in [0.05, 0.1) is 0 Å². The standard InChI is InChI=1S/C24H31BrN2O7/c1-22(2,3)27(21(31)32)11-10-14-12-15(25)13-16(17(14)27)18(28)26(19(29)33-23(4,5)6)20(30)34-24(7,8)9/h10-13H,1-9H3/p+1. The monoisotopic (exact) mass is 539 g/mol. The summed E-state index contributed by atoms with van der Waals surface area (Å²) >= 11 is 3.34. The van der Waals surface area contributed by atoms with E-state index >= 15 is 0 Å². The molecule has 1 unspecified atom stereocenters. The number of hydrogen-bond donors (Lipinski definition) is 1. The molecule has 0 radical (unpaired) electrons. The summed E-state index contributed by atoms with van der Waals surface area (Å²) in [6.07, 6.45) is -0.602. The van der Waals surface area contributed by atoms with E-state index in [0.29, 0.717) is 10.0 Å². The molecule has 0 fully saturated rings. The van der Waals surface area contributed by atoms with E-state index in [1.54, 1.807) is 74.5 Å². The zero-order valence-corrected chi connectivity index (χ0v) is 22.6. The zero-order valence-electron chi connectivity index (χ0n) is 21.0. The first-order valence-electron chi connectivity index (χ1n) is 10.7. The Hall–Kier alpha value is -2.72. The van der Waals surface area contributed by atoms with E-state index < -0.39 is 45.4 Å². The van der Waals surface area contributed by atoms with Crippen molar-refractivity contribution in [2.45, 2.75) is 79.1 Å². The first kappa shape index (κ1) is 27.5. The first-order chi connectivity index (χ1) is 15.2. The Labute approximate surface area is 208 Å². The van der Waals surface area contributed by atoms with E-state index in [9.17, 15) is 24.3 Å². The molecule has 1 aliphatic heterocycles. The van der Waals surface area contributed by atoms with Crippen LogP contribution >= 0.6 is 15.9 Å². The van der Waals surface area contributed by atoms with Crippen molar-refractivity contribution in [1.82, 2.24) is 9.38 Å². The molecule has 4 amide bonds. The van der Waals surface area contributed by atoms with Gasteiger partial charge < -0.3 is 14.6 Å². The SMILES string of the molecule is CC(C)(C)OC(=O)N(C(=O)OC(C)(C)C)C(=O)c1cc(Br)cc2c1[N+](C(=O)O)(C(C)(C)C)C=C2. The molecule has 1 atom stereocenters. The fourth-order valence-electron chi connectivity index (χ4n) is 3.55. The predicted octanol–water partition coefficient (Wildman–Crippen LogP) is 6.53. The van der Waals surface area contributed by atoms with Crippen molar-refractivity contribution in [3.05, 3.63) is 33.9 Å². The number of quaternary nitrogens is 1. The Kier molecular flexibility index (Phi) is 7.13. The van der Waals surface area contributed by atoms with Crippen LogP contribution in [0.2, 0.25) is 0 Å². The highest BCUT2D eigenvalue weighted by Crippen LogP contribution is 2.46. The van der Waals surface area contributed by atoms with Crippen molar-refractivity contribution in [1.29, 1.82) is 0 Å². The molecule has 0 spiro atoms. The molecule has 1 aromatic carbocycles. The van der Waals surface area contributed by atoms with Crippen LogP contribution in [0.5, 0.6) is 0 Å². The van der Waals surface area contributed by atoms with Gasteiger partial charge in [-0.15, -0.1) is 4.90 Å². The number of halogens is 1. The van der Waals surface area contributed by atoms with E-state index in [0.717, 1.165) is 0 Å². The molecule has 10 heteroatoms. The van der Waals surface area contributed by atoms with Crippen molar-refractivity contribution in [3.8, 4) is 0 Å². The minimum Gasteiger partial charge on any atom is -0.443 e. The van der Waals surface area contributed by atoms with Crippen LogP contribution in [0.25, 0.3) is 6.08 Å². The smallest absolute Gasteiger partial charge is 0.443 e. The second kappa shape index (κ2) is 8.81. The van der Waals surface area contributed by atoms with Crippen LogP contribution in [0.4, 0.5) is 20.1 Å². The Bertz CT molecular complexity index is 1050. The van der Waals surface area contributed by atoms with Crippen LogP contribution in [-0.2, 0) is 9.47 Å². The molecule has 0 saturated carbocycles. The van der Waals surface area contributed by atoms with Crippen molar-refractivity contribution in [2.75, 3.05) is 0 Å². The third-order valence-corrected chi connectivity index (χ3v) is 5.34. The van der Waals surface area contributed by atoms with Gasteiger partial charge in [-0.25, -0.2) is 9.59 Å². The van der Waals surface area contributed by atoms with E-state index in [2.05, 4.69) is 15.9 Å². The molecular formula is C24H32BrN2O7+. The highest BCUT2D eigenvalue weighted by atomic mass is 79.9. The molecule has 1 aromatic rings. The maximum Gasteiger partial charge on any atom is 0.523 e. The number of carbonyl (C=O) groups excluding carboxylic acids is 3. The molecule has 186 valence electrons. The number of hydrogen-bond acceptors (Lipinski definition) is 6. The molecule has 34 heavy (non-hydrogen) atoms. The highest BCUT2D eigenvalue weighted by molar-refractivity contribution is 9.10. The second-order valence-corrected chi connectivity index (χ2v) is 11.9. The van der Waals surface area contributed by atoms with Gasteiger partial charge in [0.2, 0.25) is 0 Å². The Morgan fingerprint density at radius 2 is 1.35 bits per heavy atom. The summed E-state index contributed by atoms with van der Waals surface area (Å²) in [5.74, 6) is -1.06. The van der Waals surface area contributed by atoms with Gasteiger partial charge in [0.25, 0.3) is 5.91 Å². The van der Waals surface area contributed by atoms with Crippen molar-refractivity contribution < 1.29 is 33.8 Å². The first-order valence-corrected chi connectivity index (χ1v) is 11.5. The van der Waals surface area contributed by atoms with Gasteiger partial charge in [0.1, 0.15) is 28.5 Å². The Balaban J connectivity index is 2.78. The van der Waals surface area contributed by atoms with Crippen LogP contribution in [0.3, 0.4) is 0 Å². The molecule has 9 nitrogen and oxygen atoms in total. The molecule has 0 saturated heterocycles. The van der Waals surface area contributed by atoms with Crippen LogP contribution in [0, 0.1) is 0 Å². The largest absolute Gasteiger partial charge is 0.523 e. The summed E-state index contributed by atoms with van der Waals surface area (Å²) in [5.41, 5.74) is -2.49. The molecule has 0 aromatic heterocycles. The van der Waals surface area contributed by atoms with Gasteiger partial charge >= 0.3 is 18.3 Å². The maximum absolute atomic E-state index is 13.8. The van der Waals surface area contributed by atoms with Gasteiger partial charge in [0, 0.05) is 16.1 Å². The van der Waals surface area contributed by atoms with Crippen LogP contribution < -0.4 is 4.48 Å². The fourth-order valence-corrected chi connectivity index (χ4v) is 4.03. The molecule has 1 heterocycles. The zero-order chi connectivity index (χ0) is 26.4. The molecular weight excluding hydrogens is 508 g/mol. The average Bonchev–Trinajstić information content (AvgIpc) is 2.98. The number of rotatable bonds is 1. The lowest BCUT2D eigenvalue weighted by Crippen LogP contribution is -2.61. The summed E-state index contributed by atoms with van der Waals surface area (Å²) < 4.78 is 10.4. The van der Waals surface area contributed by atoms with Crippen LogP contribution in [-0.4, -0.2) is 50.9 Å². The highest BCUT2D eigenvalue weighted by Gasteiger charge is 2.55. The number of benzene rings is 1. The number of nitrogens with zero attached hydrogens (tertiary/aromatic N) is 2. The van der Waals surface area contributed by atoms with Crippen LogP contribution in [0.1, 0.15) is 78.2 Å². The maximum atomic E-state index is 13.8. The van der Waals surface area contributed by atoms with Crippen molar-refractivity contribution >= 4 is 51.9 Å². The Morgan fingerprint density at radius 1 is 0.882 bits per heavy atom. The topological polar surface area (TPSA) is 110 Å².